The number of carbonyl (C=O) groups is 3. The summed E-state index contributed by atoms with van der Waals surface area (Å²) in [5.41, 5.74) is 0. The topological polar surface area (TPSA) is 98.7 Å². The molecule has 3 N–H and O–H groups in total. The average Bonchev–Trinajstić information content (AvgIpc) is 2.48. The molecule has 0 heterocycles. The van der Waals surface area contributed by atoms with E-state index in [-0.39, 0.29) is 17.9 Å². The van der Waals surface area contributed by atoms with E-state index >= 15 is 0 Å². The minimum atomic E-state index is -1.10. The first-order valence-electron chi connectivity index (χ1n) is 8.48. The van der Waals surface area contributed by atoms with Crippen molar-refractivity contribution in [2.45, 2.75) is 65.6 Å². The van der Waals surface area contributed by atoms with Gasteiger partial charge >= 0.3 is 5.97 Å². The van der Waals surface area contributed by atoms with Crippen LogP contribution in [0.4, 0.5) is 0 Å². The van der Waals surface area contributed by atoms with Gasteiger partial charge in [0.2, 0.25) is 11.8 Å². The van der Waals surface area contributed by atoms with Crippen LogP contribution in [0.25, 0.3) is 0 Å². The molecule has 0 aromatic heterocycles. The molecule has 0 saturated carbocycles. The van der Waals surface area contributed by atoms with Gasteiger partial charge in [-0.1, -0.05) is 27.7 Å². The fraction of sp³-hybridized carbons (Fsp3) is 0.824. The van der Waals surface area contributed by atoms with Crippen LogP contribution >= 0.6 is 0 Å². The molecule has 0 bridgehead atoms. The number of nitrogens with one attached hydrogen (secondary N) is 2. The first-order chi connectivity index (χ1) is 11.0. The highest BCUT2D eigenvalue weighted by molar-refractivity contribution is 5.91. The minimum Gasteiger partial charge on any atom is -0.480 e. The predicted molar refractivity (Wildman–Crippen MR) is 93.6 cm³/mol. The molecule has 0 rings (SSSR count). The Kier molecular flexibility index (Phi) is 9.58. The van der Waals surface area contributed by atoms with Crippen molar-refractivity contribution in [2.24, 2.45) is 11.8 Å². The van der Waals surface area contributed by atoms with Crippen molar-refractivity contribution in [1.82, 2.24) is 15.5 Å². The molecule has 3 atom stereocenters. The quantitative estimate of drug-likeness (QED) is 0.551. The Bertz CT molecular complexity index is 438. The summed E-state index contributed by atoms with van der Waals surface area (Å²) in [5, 5.41) is 14.4. The summed E-state index contributed by atoms with van der Waals surface area (Å²) in [5.74, 6) is -1.17. The molecule has 7 heteroatoms. The smallest absolute Gasteiger partial charge is 0.325 e. The van der Waals surface area contributed by atoms with Gasteiger partial charge in [-0.2, -0.15) is 0 Å². The highest BCUT2D eigenvalue weighted by atomic mass is 16.4. The summed E-state index contributed by atoms with van der Waals surface area (Å²) in [6.45, 7) is 9.39. The molecule has 0 aromatic carbocycles. The number of rotatable bonds is 10. The van der Waals surface area contributed by atoms with E-state index in [0.29, 0.717) is 18.8 Å². The molecule has 0 aliphatic heterocycles. The van der Waals surface area contributed by atoms with Crippen LogP contribution in [0, 0.1) is 11.8 Å². The molecular formula is C17H33N3O4. The van der Waals surface area contributed by atoms with Gasteiger partial charge in [0.25, 0.3) is 0 Å². The molecular weight excluding hydrogens is 310 g/mol. The lowest BCUT2D eigenvalue weighted by Crippen LogP contribution is -2.55. The number of likely N-dealkylation sites (N-methyl/N-ethyl adjacent to an activating group) is 2. The van der Waals surface area contributed by atoms with Crippen LogP contribution in [0.5, 0.6) is 0 Å². The summed E-state index contributed by atoms with van der Waals surface area (Å²) >= 11 is 0. The molecule has 0 spiro atoms. The van der Waals surface area contributed by atoms with E-state index in [1.807, 2.05) is 27.7 Å². The van der Waals surface area contributed by atoms with Crippen LogP contribution in [-0.4, -0.2) is 60.0 Å². The lowest BCUT2D eigenvalue weighted by atomic mass is 9.98. The third-order valence-electron chi connectivity index (χ3n) is 3.90. The lowest BCUT2D eigenvalue weighted by Gasteiger charge is -2.32. The number of nitrogens with zero attached hydrogens (tertiary/aromatic N) is 1. The second-order valence-corrected chi connectivity index (χ2v) is 7.13. The van der Waals surface area contributed by atoms with Gasteiger partial charge in [0.1, 0.15) is 12.1 Å². The molecule has 24 heavy (non-hydrogen) atoms. The van der Waals surface area contributed by atoms with Gasteiger partial charge in [0, 0.05) is 7.05 Å². The largest absolute Gasteiger partial charge is 0.480 e. The summed E-state index contributed by atoms with van der Waals surface area (Å²) in [7, 11) is 3.33. The number of carboxylic acid groups (broad SMARTS) is 1. The Morgan fingerprint density at radius 2 is 1.50 bits per heavy atom. The number of hydrogen-bond donors (Lipinski definition) is 3. The summed E-state index contributed by atoms with van der Waals surface area (Å²) < 4.78 is 0. The monoisotopic (exact) mass is 343 g/mol. The van der Waals surface area contributed by atoms with Crippen LogP contribution in [0.15, 0.2) is 0 Å². The Labute approximate surface area is 145 Å². The van der Waals surface area contributed by atoms with Crippen LogP contribution in [0.3, 0.4) is 0 Å². The van der Waals surface area contributed by atoms with Crippen molar-refractivity contribution in [3.63, 3.8) is 0 Å². The number of carboxylic acids is 1. The van der Waals surface area contributed by atoms with E-state index in [2.05, 4.69) is 10.6 Å². The molecule has 2 amide bonds. The van der Waals surface area contributed by atoms with Crippen molar-refractivity contribution < 1.29 is 19.5 Å². The second kappa shape index (κ2) is 10.3. The van der Waals surface area contributed by atoms with E-state index in [1.165, 1.54) is 11.8 Å². The zero-order chi connectivity index (χ0) is 19.0. The van der Waals surface area contributed by atoms with Crippen molar-refractivity contribution >= 4 is 17.8 Å². The summed E-state index contributed by atoms with van der Waals surface area (Å²) in [6.07, 6.45) is 1.14. The summed E-state index contributed by atoms with van der Waals surface area (Å²) in [6, 6.07) is -2.05. The Morgan fingerprint density at radius 1 is 1.00 bits per heavy atom. The van der Waals surface area contributed by atoms with Gasteiger partial charge in [0.05, 0.1) is 6.04 Å². The van der Waals surface area contributed by atoms with Gasteiger partial charge < -0.3 is 20.6 Å². The zero-order valence-electron chi connectivity index (χ0n) is 15.9. The number of aliphatic carboxylic acids is 1. The van der Waals surface area contributed by atoms with Crippen LogP contribution in [0.2, 0.25) is 0 Å². The molecule has 0 radical (unpaired) electrons. The first-order valence-corrected chi connectivity index (χ1v) is 8.48. The van der Waals surface area contributed by atoms with E-state index in [4.69, 9.17) is 5.11 Å². The van der Waals surface area contributed by atoms with Gasteiger partial charge in [-0.25, -0.2) is 0 Å². The fourth-order valence-corrected chi connectivity index (χ4v) is 2.47. The maximum absolute atomic E-state index is 12.7. The molecule has 0 unspecified atom stereocenters. The SMILES string of the molecule is CN[C@@H](CC(C)C)C(=O)N(C)[C@@H](CC(C)C)C(=O)N[C@H](C)C(=O)O. The first kappa shape index (κ1) is 22.4. The van der Waals surface area contributed by atoms with Gasteiger partial charge in [-0.15, -0.1) is 0 Å². The van der Waals surface area contributed by atoms with E-state index in [0.717, 1.165) is 0 Å². The molecule has 140 valence electrons. The van der Waals surface area contributed by atoms with Crippen molar-refractivity contribution in [1.29, 1.82) is 0 Å². The Morgan fingerprint density at radius 3 is 1.88 bits per heavy atom. The Balaban J connectivity index is 5.23. The van der Waals surface area contributed by atoms with E-state index < -0.39 is 24.0 Å². The molecule has 7 nitrogen and oxygen atoms in total. The van der Waals surface area contributed by atoms with Crippen LogP contribution in [0.1, 0.15) is 47.5 Å². The van der Waals surface area contributed by atoms with Crippen LogP contribution < -0.4 is 10.6 Å². The number of hydrogen-bond acceptors (Lipinski definition) is 4. The van der Waals surface area contributed by atoms with E-state index in [9.17, 15) is 14.4 Å². The molecule has 0 fully saturated rings. The van der Waals surface area contributed by atoms with Gasteiger partial charge in [-0.05, 0) is 38.6 Å². The molecule has 0 aliphatic carbocycles. The fourth-order valence-electron chi connectivity index (χ4n) is 2.47. The number of amides is 2. The van der Waals surface area contributed by atoms with Crippen LogP contribution in [-0.2, 0) is 14.4 Å². The highest BCUT2D eigenvalue weighted by Gasteiger charge is 2.32. The second-order valence-electron chi connectivity index (χ2n) is 7.13. The molecule has 0 aromatic rings. The average molecular weight is 343 g/mol. The molecule has 0 aliphatic rings. The summed E-state index contributed by atoms with van der Waals surface area (Å²) in [4.78, 5) is 37.6. The predicted octanol–water partition coefficient (Wildman–Crippen LogP) is 1.08. The van der Waals surface area contributed by atoms with Crippen molar-refractivity contribution in [2.75, 3.05) is 14.1 Å². The van der Waals surface area contributed by atoms with Gasteiger partial charge in [-0.3, -0.25) is 14.4 Å². The van der Waals surface area contributed by atoms with E-state index in [1.54, 1.807) is 14.1 Å². The Hall–Kier alpha value is -1.63. The highest BCUT2D eigenvalue weighted by Crippen LogP contribution is 2.15. The third-order valence-corrected chi connectivity index (χ3v) is 3.90. The normalized spacial score (nSPS) is 15.0. The number of carbonyl (C=O) groups excluding carboxylic acids is 2. The zero-order valence-corrected chi connectivity index (χ0v) is 15.9. The lowest BCUT2D eigenvalue weighted by molar-refractivity contribution is -0.144. The maximum atomic E-state index is 12.7. The van der Waals surface area contributed by atoms with Gasteiger partial charge in [0.15, 0.2) is 0 Å². The standard InChI is InChI=1S/C17H33N3O4/c1-10(2)8-13(18-6)16(22)20(7)14(9-11(3)4)15(21)19-12(5)17(23)24/h10-14,18H,8-9H2,1-7H3,(H,19,21)(H,23,24)/t12-,13+,14+/m1/s1. The minimum absolute atomic E-state index is 0.157. The third kappa shape index (κ3) is 7.29. The molecule has 0 saturated heterocycles. The van der Waals surface area contributed by atoms with Crippen molar-refractivity contribution in [3.8, 4) is 0 Å². The van der Waals surface area contributed by atoms with Crippen molar-refractivity contribution in [3.05, 3.63) is 0 Å². The maximum Gasteiger partial charge on any atom is 0.325 e.